The van der Waals surface area contributed by atoms with Crippen LogP contribution in [0.3, 0.4) is 0 Å². The van der Waals surface area contributed by atoms with Crippen LogP contribution in [0.15, 0.2) is 54.6 Å². The molecule has 0 saturated carbocycles. The van der Waals surface area contributed by atoms with E-state index in [0.717, 1.165) is 11.5 Å². The standard InChI is InChI=1S/C16H18N2O3/c1-20-14-9-7-13(8-10-14)18-16(19)17-11-12-21-15-5-3-2-4-6-15/h2-10H,11-12H2,1H3,(H2,17,18,19). The van der Waals surface area contributed by atoms with Crippen LogP contribution in [-0.4, -0.2) is 26.3 Å². The molecule has 110 valence electrons. The van der Waals surface area contributed by atoms with Gasteiger partial charge in [0, 0.05) is 5.69 Å². The minimum atomic E-state index is -0.267. The van der Waals surface area contributed by atoms with E-state index in [1.807, 2.05) is 30.3 Å². The lowest BCUT2D eigenvalue weighted by molar-refractivity contribution is 0.247. The number of hydrogen-bond donors (Lipinski definition) is 2. The second-order valence-corrected chi connectivity index (χ2v) is 4.27. The lowest BCUT2D eigenvalue weighted by Gasteiger charge is -2.09. The third-order valence-corrected chi connectivity index (χ3v) is 2.75. The third-order valence-electron chi connectivity index (χ3n) is 2.75. The lowest BCUT2D eigenvalue weighted by atomic mass is 10.3. The summed E-state index contributed by atoms with van der Waals surface area (Å²) in [6, 6.07) is 16.3. The first-order valence-corrected chi connectivity index (χ1v) is 6.64. The average Bonchev–Trinajstić information content (AvgIpc) is 2.53. The van der Waals surface area contributed by atoms with E-state index in [4.69, 9.17) is 9.47 Å². The highest BCUT2D eigenvalue weighted by molar-refractivity contribution is 5.89. The largest absolute Gasteiger partial charge is 0.497 e. The number of methoxy groups -OCH3 is 1. The number of amides is 2. The molecular weight excluding hydrogens is 268 g/mol. The van der Waals surface area contributed by atoms with Gasteiger partial charge < -0.3 is 20.1 Å². The highest BCUT2D eigenvalue weighted by Gasteiger charge is 2.01. The van der Waals surface area contributed by atoms with Crippen LogP contribution in [0.25, 0.3) is 0 Å². The van der Waals surface area contributed by atoms with Gasteiger partial charge in [-0.25, -0.2) is 4.79 Å². The van der Waals surface area contributed by atoms with E-state index in [1.165, 1.54) is 0 Å². The van der Waals surface area contributed by atoms with Crippen LogP contribution in [0.5, 0.6) is 11.5 Å². The second-order valence-electron chi connectivity index (χ2n) is 4.27. The summed E-state index contributed by atoms with van der Waals surface area (Å²) < 4.78 is 10.5. The van der Waals surface area contributed by atoms with Crippen molar-refractivity contribution in [3.8, 4) is 11.5 Å². The summed E-state index contributed by atoms with van der Waals surface area (Å²) in [6.07, 6.45) is 0. The molecule has 2 N–H and O–H groups in total. The van der Waals surface area contributed by atoms with Crippen molar-refractivity contribution in [2.24, 2.45) is 0 Å². The first-order valence-electron chi connectivity index (χ1n) is 6.64. The van der Waals surface area contributed by atoms with Crippen molar-refractivity contribution in [2.45, 2.75) is 0 Å². The molecule has 2 aromatic rings. The Morgan fingerprint density at radius 2 is 1.71 bits per heavy atom. The number of anilines is 1. The van der Waals surface area contributed by atoms with Crippen LogP contribution in [0, 0.1) is 0 Å². The topological polar surface area (TPSA) is 59.6 Å². The zero-order chi connectivity index (χ0) is 14.9. The SMILES string of the molecule is COc1ccc(NC(=O)NCCOc2ccccc2)cc1. The predicted molar refractivity (Wildman–Crippen MR) is 82.0 cm³/mol. The maximum atomic E-state index is 11.7. The molecule has 0 aliphatic heterocycles. The van der Waals surface area contributed by atoms with Gasteiger partial charge in [-0.15, -0.1) is 0 Å². The Kier molecular flexibility index (Phi) is 5.46. The van der Waals surface area contributed by atoms with Crippen molar-refractivity contribution in [3.63, 3.8) is 0 Å². The summed E-state index contributed by atoms with van der Waals surface area (Å²) in [5, 5.41) is 5.45. The maximum absolute atomic E-state index is 11.7. The van der Waals surface area contributed by atoms with Crippen molar-refractivity contribution in [3.05, 3.63) is 54.6 Å². The second kappa shape index (κ2) is 7.79. The Morgan fingerprint density at radius 1 is 1.00 bits per heavy atom. The summed E-state index contributed by atoms with van der Waals surface area (Å²) in [5.74, 6) is 1.53. The fourth-order valence-electron chi connectivity index (χ4n) is 1.70. The highest BCUT2D eigenvalue weighted by Crippen LogP contribution is 2.14. The van der Waals surface area contributed by atoms with Crippen molar-refractivity contribution < 1.29 is 14.3 Å². The molecule has 0 aliphatic carbocycles. The van der Waals surface area contributed by atoms with Gasteiger partial charge in [-0.05, 0) is 36.4 Å². The fraction of sp³-hybridized carbons (Fsp3) is 0.188. The number of rotatable bonds is 6. The molecule has 0 heterocycles. The van der Waals surface area contributed by atoms with Gasteiger partial charge in [0.1, 0.15) is 18.1 Å². The van der Waals surface area contributed by atoms with Crippen molar-refractivity contribution >= 4 is 11.7 Å². The van der Waals surface area contributed by atoms with Crippen molar-refractivity contribution in [1.82, 2.24) is 5.32 Å². The van der Waals surface area contributed by atoms with Crippen LogP contribution in [-0.2, 0) is 0 Å². The van der Waals surface area contributed by atoms with Gasteiger partial charge in [0.2, 0.25) is 0 Å². The van der Waals surface area contributed by atoms with E-state index >= 15 is 0 Å². The molecule has 0 bridgehead atoms. The summed E-state index contributed by atoms with van der Waals surface area (Å²) in [6.45, 7) is 0.844. The van der Waals surface area contributed by atoms with Crippen LogP contribution < -0.4 is 20.1 Å². The molecule has 0 fully saturated rings. The van der Waals surface area contributed by atoms with Crippen LogP contribution in [0.1, 0.15) is 0 Å². The van der Waals surface area contributed by atoms with Crippen LogP contribution in [0.4, 0.5) is 10.5 Å². The van der Waals surface area contributed by atoms with E-state index in [9.17, 15) is 4.79 Å². The Bertz CT molecular complexity index is 555. The molecule has 5 nitrogen and oxygen atoms in total. The van der Waals surface area contributed by atoms with E-state index in [2.05, 4.69) is 10.6 Å². The van der Waals surface area contributed by atoms with Gasteiger partial charge in [-0.2, -0.15) is 0 Å². The van der Waals surface area contributed by atoms with Crippen molar-refractivity contribution in [1.29, 1.82) is 0 Å². The average molecular weight is 286 g/mol. The molecule has 0 aliphatic rings. The summed E-state index contributed by atoms with van der Waals surface area (Å²) in [7, 11) is 1.60. The first-order chi connectivity index (χ1) is 10.3. The fourth-order valence-corrected chi connectivity index (χ4v) is 1.70. The Morgan fingerprint density at radius 3 is 2.38 bits per heavy atom. The summed E-state index contributed by atoms with van der Waals surface area (Å²) in [5.41, 5.74) is 0.706. The molecule has 2 rings (SSSR count). The maximum Gasteiger partial charge on any atom is 0.319 e. The van der Waals surface area contributed by atoms with Gasteiger partial charge in [-0.1, -0.05) is 18.2 Å². The smallest absolute Gasteiger partial charge is 0.319 e. The van der Waals surface area contributed by atoms with Crippen LogP contribution >= 0.6 is 0 Å². The molecule has 2 amide bonds. The normalized spacial score (nSPS) is 9.76. The Hall–Kier alpha value is -2.69. The molecule has 0 radical (unpaired) electrons. The third kappa shape index (κ3) is 5.06. The number of carbonyl (C=O) groups excluding carboxylic acids is 1. The minimum absolute atomic E-state index is 0.267. The van der Waals surface area contributed by atoms with Crippen LogP contribution in [0.2, 0.25) is 0 Å². The van der Waals surface area contributed by atoms with E-state index in [-0.39, 0.29) is 6.03 Å². The molecule has 0 aromatic heterocycles. The highest BCUT2D eigenvalue weighted by atomic mass is 16.5. The number of para-hydroxylation sites is 1. The van der Waals surface area contributed by atoms with Gasteiger partial charge in [0.05, 0.1) is 13.7 Å². The van der Waals surface area contributed by atoms with Gasteiger partial charge in [0.15, 0.2) is 0 Å². The molecule has 0 atom stereocenters. The van der Waals surface area contributed by atoms with Gasteiger partial charge in [0.25, 0.3) is 0 Å². The van der Waals surface area contributed by atoms with E-state index in [0.29, 0.717) is 18.8 Å². The molecule has 0 spiro atoms. The number of carbonyl (C=O) groups is 1. The quantitative estimate of drug-likeness (QED) is 0.803. The molecule has 2 aromatic carbocycles. The number of nitrogens with one attached hydrogen (secondary N) is 2. The number of ether oxygens (including phenoxy) is 2. The molecule has 21 heavy (non-hydrogen) atoms. The predicted octanol–water partition coefficient (Wildman–Crippen LogP) is 2.90. The molecule has 0 saturated heterocycles. The summed E-state index contributed by atoms with van der Waals surface area (Å²) in [4.78, 5) is 11.7. The monoisotopic (exact) mass is 286 g/mol. The molecule has 0 unspecified atom stereocenters. The Balaban J connectivity index is 1.67. The van der Waals surface area contributed by atoms with E-state index in [1.54, 1.807) is 31.4 Å². The number of benzene rings is 2. The zero-order valence-corrected chi connectivity index (χ0v) is 11.8. The summed E-state index contributed by atoms with van der Waals surface area (Å²) >= 11 is 0. The zero-order valence-electron chi connectivity index (χ0n) is 11.8. The molecule has 5 heteroatoms. The van der Waals surface area contributed by atoms with Crippen molar-refractivity contribution in [2.75, 3.05) is 25.6 Å². The minimum Gasteiger partial charge on any atom is -0.497 e. The van der Waals surface area contributed by atoms with Gasteiger partial charge >= 0.3 is 6.03 Å². The van der Waals surface area contributed by atoms with E-state index < -0.39 is 0 Å². The lowest BCUT2D eigenvalue weighted by Crippen LogP contribution is -2.32. The number of hydrogen-bond acceptors (Lipinski definition) is 3. The number of urea groups is 1. The molecular formula is C16H18N2O3. The Labute approximate surface area is 123 Å². The first kappa shape index (κ1) is 14.7. The van der Waals surface area contributed by atoms with Gasteiger partial charge in [-0.3, -0.25) is 0 Å².